The van der Waals surface area contributed by atoms with Gasteiger partial charge in [-0.25, -0.2) is 0 Å². The van der Waals surface area contributed by atoms with Crippen LogP contribution in [-0.4, -0.2) is 36.5 Å². The molecule has 2 aliphatic rings. The molecule has 1 saturated carbocycles. The van der Waals surface area contributed by atoms with Crippen molar-refractivity contribution in [3.8, 4) is 0 Å². The Morgan fingerprint density at radius 3 is 2.40 bits per heavy atom. The third-order valence-corrected chi connectivity index (χ3v) is 5.49. The van der Waals surface area contributed by atoms with Crippen LogP contribution in [0.4, 0.5) is 0 Å². The Hall–Kier alpha value is -0.570. The second kappa shape index (κ2) is 6.93. The summed E-state index contributed by atoms with van der Waals surface area (Å²) in [5.74, 6) is 0.877. The molecular formula is C17H32N2O. The summed E-state index contributed by atoms with van der Waals surface area (Å²) in [6.07, 6.45) is 8.74. The first-order chi connectivity index (χ1) is 9.57. The van der Waals surface area contributed by atoms with Gasteiger partial charge in [0.05, 0.1) is 0 Å². The maximum absolute atomic E-state index is 13.1. The predicted molar refractivity (Wildman–Crippen MR) is 83.6 cm³/mol. The van der Waals surface area contributed by atoms with Gasteiger partial charge in [-0.2, -0.15) is 0 Å². The molecule has 1 aliphatic heterocycles. The predicted octanol–water partition coefficient (Wildman–Crippen LogP) is 3.19. The van der Waals surface area contributed by atoms with Gasteiger partial charge in [0.25, 0.3) is 0 Å². The highest BCUT2D eigenvalue weighted by Gasteiger charge is 2.41. The van der Waals surface area contributed by atoms with E-state index in [2.05, 4.69) is 31.0 Å². The van der Waals surface area contributed by atoms with Gasteiger partial charge < -0.3 is 10.2 Å². The van der Waals surface area contributed by atoms with E-state index in [0.29, 0.717) is 17.9 Å². The summed E-state index contributed by atoms with van der Waals surface area (Å²) >= 11 is 0. The fourth-order valence-corrected chi connectivity index (χ4v) is 3.97. The van der Waals surface area contributed by atoms with Crippen molar-refractivity contribution in [1.29, 1.82) is 0 Å². The number of nitrogens with one attached hydrogen (secondary N) is 1. The normalized spacial score (nSPS) is 25.4. The van der Waals surface area contributed by atoms with E-state index in [1.165, 1.54) is 44.9 Å². The maximum atomic E-state index is 13.1. The highest BCUT2D eigenvalue weighted by Crippen LogP contribution is 2.35. The van der Waals surface area contributed by atoms with Crippen LogP contribution in [0.15, 0.2) is 0 Å². The van der Waals surface area contributed by atoms with Gasteiger partial charge in [-0.3, -0.25) is 4.79 Å². The zero-order chi connectivity index (χ0) is 14.6. The molecule has 2 rings (SSSR count). The summed E-state index contributed by atoms with van der Waals surface area (Å²) in [6.45, 7) is 9.45. The van der Waals surface area contributed by atoms with Crippen LogP contribution < -0.4 is 5.32 Å². The summed E-state index contributed by atoms with van der Waals surface area (Å²) in [6, 6.07) is 0.497. The van der Waals surface area contributed by atoms with Gasteiger partial charge in [0.15, 0.2) is 0 Å². The van der Waals surface area contributed by atoms with Crippen molar-refractivity contribution in [3.63, 3.8) is 0 Å². The number of piperidine rings is 1. The van der Waals surface area contributed by atoms with Crippen molar-refractivity contribution in [2.75, 3.05) is 19.6 Å². The summed E-state index contributed by atoms with van der Waals surface area (Å²) in [5.41, 5.74) is -0.221. The van der Waals surface area contributed by atoms with E-state index in [4.69, 9.17) is 0 Å². The Morgan fingerprint density at radius 1 is 1.15 bits per heavy atom. The number of rotatable bonds is 4. The van der Waals surface area contributed by atoms with E-state index in [1.807, 2.05) is 0 Å². The van der Waals surface area contributed by atoms with Gasteiger partial charge in [0, 0.05) is 18.0 Å². The standard InChI is InChI=1S/C17H32N2O/c1-4-19(15-10-6-5-7-11-15)16(20)17(2,3)14-9-8-12-18-13-14/h14-15,18H,4-13H2,1-3H3. The second-order valence-corrected chi connectivity index (χ2v) is 7.15. The largest absolute Gasteiger partial charge is 0.340 e. The highest BCUT2D eigenvalue weighted by molar-refractivity contribution is 5.82. The van der Waals surface area contributed by atoms with Crippen molar-refractivity contribution >= 4 is 5.91 Å². The zero-order valence-electron chi connectivity index (χ0n) is 13.6. The van der Waals surface area contributed by atoms with Crippen molar-refractivity contribution in [3.05, 3.63) is 0 Å². The summed E-state index contributed by atoms with van der Waals surface area (Å²) in [7, 11) is 0. The van der Waals surface area contributed by atoms with Gasteiger partial charge >= 0.3 is 0 Å². The number of carbonyl (C=O) groups is 1. The third kappa shape index (κ3) is 3.36. The average Bonchev–Trinajstić information content (AvgIpc) is 2.50. The van der Waals surface area contributed by atoms with Gasteiger partial charge in [-0.15, -0.1) is 0 Å². The van der Waals surface area contributed by atoms with Gasteiger partial charge in [0.1, 0.15) is 0 Å². The van der Waals surface area contributed by atoms with E-state index in [-0.39, 0.29) is 5.41 Å². The molecule has 3 nitrogen and oxygen atoms in total. The molecule has 2 fully saturated rings. The maximum Gasteiger partial charge on any atom is 0.228 e. The Balaban J connectivity index is 2.05. The molecule has 1 atom stereocenters. The molecule has 0 bridgehead atoms. The van der Waals surface area contributed by atoms with Gasteiger partial charge in [-0.1, -0.05) is 33.1 Å². The minimum atomic E-state index is -0.221. The second-order valence-electron chi connectivity index (χ2n) is 7.15. The minimum Gasteiger partial charge on any atom is -0.340 e. The van der Waals surface area contributed by atoms with Crippen LogP contribution in [0.1, 0.15) is 65.7 Å². The van der Waals surface area contributed by atoms with Crippen LogP contribution in [-0.2, 0) is 4.79 Å². The molecule has 0 aromatic carbocycles. The SMILES string of the molecule is CCN(C(=O)C(C)(C)C1CCCNC1)C1CCCCC1. The van der Waals surface area contributed by atoms with Crippen LogP contribution in [0.3, 0.4) is 0 Å². The molecule has 20 heavy (non-hydrogen) atoms. The molecule has 1 heterocycles. The zero-order valence-corrected chi connectivity index (χ0v) is 13.6. The first-order valence-corrected chi connectivity index (χ1v) is 8.59. The van der Waals surface area contributed by atoms with Crippen LogP contribution in [0, 0.1) is 11.3 Å². The van der Waals surface area contributed by atoms with Crippen LogP contribution in [0.25, 0.3) is 0 Å². The fourth-order valence-electron chi connectivity index (χ4n) is 3.97. The van der Waals surface area contributed by atoms with Crippen molar-refractivity contribution in [2.45, 2.75) is 71.8 Å². The van der Waals surface area contributed by atoms with E-state index >= 15 is 0 Å². The molecule has 3 heteroatoms. The first kappa shape index (κ1) is 15.8. The number of amides is 1. The molecule has 116 valence electrons. The molecule has 1 N–H and O–H groups in total. The van der Waals surface area contributed by atoms with Crippen LogP contribution in [0.2, 0.25) is 0 Å². The lowest BCUT2D eigenvalue weighted by Gasteiger charge is -2.43. The molecule has 0 aromatic heterocycles. The van der Waals surface area contributed by atoms with Crippen molar-refractivity contribution in [2.24, 2.45) is 11.3 Å². The van der Waals surface area contributed by atoms with Crippen LogP contribution >= 0.6 is 0 Å². The Morgan fingerprint density at radius 2 is 1.85 bits per heavy atom. The molecular weight excluding hydrogens is 248 g/mol. The van der Waals surface area contributed by atoms with Gasteiger partial charge in [0.2, 0.25) is 5.91 Å². The van der Waals surface area contributed by atoms with E-state index < -0.39 is 0 Å². The molecule has 1 saturated heterocycles. The number of hydrogen-bond donors (Lipinski definition) is 1. The molecule has 1 aliphatic carbocycles. The summed E-state index contributed by atoms with van der Waals surface area (Å²) < 4.78 is 0. The first-order valence-electron chi connectivity index (χ1n) is 8.59. The smallest absolute Gasteiger partial charge is 0.228 e. The lowest BCUT2D eigenvalue weighted by Crippen LogP contribution is -2.52. The lowest BCUT2D eigenvalue weighted by molar-refractivity contribution is -0.146. The molecule has 1 unspecified atom stereocenters. The van der Waals surface area contributed by atoms with Crippen molar-refractivity contribution < 1.29 is 4.79 Å². The number of hydrogen-bond acceptors (Lipinski definition) is 2. The Labute approximate surface area is 124 Å². The third-order valence-electron chi connectivity index (χ3n) is 5.49. The molecule has 1 amide bonds. The Kier molecular flexibility index (Phi) is 5.48. The van der Waals surface area contributed by atoms with Crippen molar-refractivity contribution in [1.82, 2.24) is 10.2 Å². The lowest BCUT2D eigenvalue weighted by atomic mass is 9.73. The fraction of sp³-hybridized carbons (Fsp3) is 0.941. The highest BCUT2D eigenvalue weighted by atomic mass is 16.2. The number of nitrogens with zero attached hydrogens (tertiary/aromatic N) is 1. The topological polar surface area (TPSA) is 32.3 Å². The van der Waals surface area contributed by atoms with E-state index in [0.717, 1.165) is 19.6 Å². The summed E-state index contributed by atoms with van der Waals surface area (Å²) in [5, 5.41) is 3.46. The summed E-state index contributed by atoms with van der Waals surface area (Å²) in [4.78, 5) is 15.3. The monoisotopic (exact) mass is 280 g/mol. The van der Waals surface area contributed by atoms with Crippen LogP contribution in [0.5, 0.6) is 0 Å². The number of carbonyl (C=O) groups excluding carboxylic acids is 1. The molecule has 0 aromatic rings. The van der Waals surface area contributed by atoms with E-state index in [9.17, 15) is 4.79 Å². The molecule has 0 radical (unpaired) electrons. The molecule has 0 spiro atoms. The quantitative estimate of drug-likeness (QED) is 0.857. The van der Waals surface area contributed by atoms with Gasteiger partial charge in [-0.05, 0) is 51.6 Å². The Bertz CT molecular complexity index is 315. The minimum absolute atomic E-state index is 0.221. The average molecular weight is 280 g/mol. The van der Waals surface area contributed by atoms with E-state index in [1.54, 1.807) is 0 Å².